The Bertz CT molecular complexity index is 5030. The van der Waals surface area contributed by atoms with E-state index in [0.29, 0.717) is 10.8 Å². The zero-order valence-corrected chi connectivity index (χ0v) is 32.9. The Kier molecular flexibility index (Phi) is 4.44. The molecule has 0 fully saturated rings. The van der Waals surface area contributed by atoms with Gasteiger partial charge in [-0.15, -0.1) is 0 Å². The van der Waals surface area contributed by atoms with Crippen molar-refractivity contribution in [3.05, 3.63) is 212 Å². The minimum Gasteiger partial charge on any atom is -0.308 e. The quantitative estimate of drug-likeness (QED) is 0.173. The lowest BCUT2D eigenvalue weighted by atomic mass is 10.1. The van der Waals surface area contributed by atoms with E-state index >= 15 is 0 Å². The van der Waals surface area contributed by atoms with Gasteiger partial charge in [0.05, 0.1) is 87.1 Å². The van der Waals surface area contributed by atoms with E-state index in [1.54, 1.807) is 97.1 Å². The average Bonchev–Trinajstić information content (AvgIpc) is 2.40. The highest BCUT2D eigenvalue weighted by molar-refractivity contribution is 6.13. The maximum Gasteiger partial charge on any atom is 0.240 e. The summed E-state index contributed by atoms with van der Waals surface area (Å²) in [4.78, 5) is 15.5. The van der Waals surface area contributed by atoms with Gasteiger partial charge < -0.3 is 9.13 Å². The van der Waals surface area contributed by atoms with Gasteiger partial charge in [-0.05, 0) is 60.5 Å². The molecule has 0 N–H and O–H groups in total. The number of hydrogen-bond acceptors (Lipinski definition) is 3. The summed E-state index contributed by atoms with van der Waals surface area (Å²) < 4.78 is 182. The first-order chi connectivity index (χ1) is 39.7. The van der Waals surface area contributed by atoms with Crippen molar-refractivity contribution in [2.45, 2.75) is 0 Å². The SMILES string of the molecule is [2H]c1c([2H])c(-n2c3ccccc3c3c([2H])c([2H])c([2H])c([2H])c32)c(-c2nc(-n3c4ccccc4c4c([2H])c([2H])c([2H])c([2H])c43)nc(-n3c4ccccc4c4c([2H])c([2H])c([2H])c([2H])c43)n2)c(-n2c3ccccc3c3c([2H])c([2H])c([2H])c([2H])c32)c1[2H]. The van der Waals surface area contributed by atoms with E-state index in [1.165, 1.54) is 18.3 Å². The summed E-state index contributed by atoms with van der Waals surface area (Å²) in [6, 6.07) is 15.5. The lowest BCUT2D eigenvalue weighted by Gasteiger charge is -2.20. The number of aromatic nitrogens is 7. The highest BCUT2D eigenvalue weighted by Crippen LogP contribution is 2.42. The molecular weight excluding hydrogens is 783 g/mol. The fourth-order valence-electron chi connectivity index (χ4n) is 9.16. The lowest BCUT2D eigenvalue weighted by Crippen LogP contribution is -2.12. The van der Waals surface area contributed by atoms with Gasteiger partial charge in [-0.3, -0.25) is 9.13 Å². The van der Waals surface area contributed by atoms with Gasteiger partial charge in [0.1, 0.15) is 0 Å². The van der Waals surface area contributed by atoms with Crippen molar-refractivity contribution < 1.29 is 26.0 Å². The number of hydrogen-bond donors (Lipinski definition) is 0. The van der Waals surface area contributed by atoms with E-state index in [-0.39, 0.29) is 105 Å². The molecule has 7 heteroatoms. The maximum absolute atomic E-state index is 10.2. The second-order valence-corrected chi connectivity index (χ2v) is 15.0. The van der Waals surface area contributed by atoms with E-state index in [0.717, 1.165) is 0 Å². The monoisotopic (exact) mass is 836 g/mol. The molecule has 0 saturated carbocycles. The van der Waals surface area contributed by atoms with Crippen LogP contribution in [0.15, 0.2) is 212 Å². The van der Waals surface area contributed by atoms with Crippen LogP contribution in [0.3, 0.4) is 0 Å². The second kappa shape index (κ2) is 13.3. The van der Waals surface area contributed by atoms with Crippen LogP contribution in [0.5, 0.6) is 0 Å². The van der Waals surface area contributed by atoms with Crippen LogP contribution in [-0.2, 0) is 0 Å². The van der Waals surface area contributed by atoms with Crippen molar-refractivity contribution in [1.29, 1.82) is 0 Å². The summed E-state index contributed by atoms with van der Waals surface area (Å²) in [5, 5.41) is 1.41. The standard InChI is InChI=1S/C57H35N7/c1-9-26-44-36(18-1)37-19-2-10-27-45(37)61(44)52-34-17-35-53(62-46-28-11-3-20-38(46)39-21-4-12-29-47(39)62)54(52)55-58-56(63-48-30-13-5-22-40(48)41-23-6-14-31-49(41)63)60-57(59-55)64-50-32-15-7-24-42(50)43-25-8-16-33-51(43)64/h1-35H/i1D,3D,5D,7D,9D,11D,13D,15D,17D,18D,20D,22D,24D,26D,28D,30D,32D,34D,35D. The fourth-order valence-corrected chi connectivity index (χ4v) is 9.16. The predicted molar refractivity (Wildman–Crippen MR) is 263 cm³/mol. The Morgan fingerprint density at radius 3 is 0.969 bits per heavy atom. The summed E-state index contributed by atoms with van der Waals surface area (Å²) in [7, 11) is 0. The van der Waals surface area contributed by atoms with Crippen molar-refractivity contribution in [3.63, 3.8) is 0 Å². The highest BCUT2D eigenvalue weighted by Gasteiger charge is 2.26. The Morgan fingerprint density at radius 1 is 0.281 bits per heavy atom. The molecule has 14 aromatic rings. The van der Waals surface area contributed by atoms with Gasteiger partial charge in [-0.2, -0.15) is 15.0 Å². The third-order valence-corrected chi connectivity index (χ3v) is 11.7. The third kappa shape index (κ3) is 4.83. The molecule has 0 aliphatic heterocycles. The second-order valence-electron chi connectivity index (χ2n) is 15.0. The summed E-state index contributed by atoms with van der Waals surface area (Å²) in [6.45, 7) is 0. The van der Waals surface area contributed by atoms with Crippen LogP contribution in [0.2, 0.25) is 0 Å². The molecule has 0 bridgehead atoms. The molecule has 0 atom stereocenters. The molecule has 0 aliphatic rings. The molecule has 5 aromatic heterocycles. The van der Waals surface area contributed by atoms with Crippen LogP contribution in [0, 0.1) is 0 Å². The first kappa shape index (κ1) is 21.3. The number of benzene rings is 9. The molecule has 0 saturated heterocycles. The van der Waals surface area contributed by atoms with E-state index in [4.69, 9.17) is 25.9 Å². The van der Waals surface area contributed by atoms with Gasteiger partial charge in [0.2, 0.25) is 11.9 Å². The summed E-state index contributed by atoms with van der Waals surface area (Å²) in [5.41, 5.74) is -0.764. The Morgan fingerprint density at radius 2 is 0.594 bits per heavy atom. The average molecular weight is 837 g/mol. The Balaban J connectivity index is 1.29. The zero-order valence-electron chi connectivity index (χ0n) is 51.9. The van der Waals surface area contributed by atoms with Crippen LogP contribution in [0.4, 0.5) is 0 Å². The fraction of sp³-hybridized carbons (Fsp3) is 0. The number of rotatable bonds is 5. The Labute approximate surface area is 392 Å². The molecule has 0 spiro atoms. The van der Waals surface area contributed by atoms with Crippen molar-refractivity contribution in [2.75, 3.05) is 0 Å². The first-order valence-electron chi connectivity index (χ1n) is 29.6. The van der Waals surface area contributed by atoms with E-state index in [2.05, 4.69) is 0 Å². The lowest BCUT2D eigenvalue weighted by molar-refractivity contribution is 0.890. The third-order valence-electron chi connectivity index (χ3n) is 11.7. The zero-order chi connectivity index (χ0) is 58.4. The minimum atomic E-state index is -0.747. The van der Waals surface area contributed by atoms with E-state index in [1.807, 2.05) is 0 Å². The van der Waals surface area contributed by atoms with Crippen LogP contribution < -0.4 is 0 Å². The number of fused-ring (bicyclic) bond motifs is 12. The van der Waals surface area contributed by atoms with Gasteiger partial charge in [-0.25, -0.2) is 0 Å². The summed E-state index contributed by atoms with van der Waals surface area (Å²) in [5.74, 6) is -1.26. The topological polar surface area (TPSA) is 58.4 Å². The van der Waals surface area contributed by atoms with E-state index < -0.39 is 121 Å². The van der Waals surface area contributed by atoms with Crippen LogP contribution >= 0.6 is 0 Å². The molecule has 0 amide bonds. The number of para-hydroxylation sites is 8. The van der Waals surface area contributed by atoms with Gasteiger partial charge >= 0.3 is 0 Å². The van der Waals surface area contributed by atoms with Gasteiger partial charge in [-0.1, -0.05) is 151 Å². The first-order valence-corrected chi connectivity index (χ1v) is 20.1. The largest absolute Gasteiger partial charge is 0.308 e. The van der Waals surface area contributed by atoms with Crippen LogP contribution in [0.1, 0.15) is 26.0 Å². The maximum atomic E-state index is 10.2. The molecule has 9 aromatic carbocycles. The summed E-state index contributed by atoms with van der Waals surface area (Å²) in [6.07, 6.45) is 0. The van der Waals surface area contributed by atoms with Crippen LogP contribution in [0.25, 0.3) is 122 Å². The Hall–Kier alpha value is -8.81. The molecule has 0 unspecified atom stereocenters. The molecule has 298 valence electrons. The van der Waals surface area contributed by atoms with Crippen molar-refractivity contribution in [1.82, 2.24) is 33.2 Å². The highest BCUT2D eigenvalue weighted by atomic mass is 15.3. The van der Waals surface area contributed by atoms with Gasteiger partial charge in [0.15, 0.2) is 5.82 Å². The molecule has 0 radical (unpaired) electrons. The molecule has 5 heterocycles. The molecule has 0 aliphatic carbocycles. The van der Waals surface area contributed by atoms with Gasteiger partial charge in [0, 0.05) is 43.1 Å². The predicted octanol–water partition coefficient (Wildman–Crippen LogP) is 13.9. The molecule has 14 rings (SSSR count). The minimum absolute atomic E-state index is 0.0156. The van der Waals surface area contributed by atoms with Gasteiger partial charge in [0.25, 0.3) is 0 Å². The molecular formula is C57H35N7. The van der Waals surface area contributed by atoms with E-state index in [9.17, 15) is 15.1 Å². The van der Waals surface area contributed by atoms with Crippen molar-refractivity contribution in [2.24, 2.45) is 0 Å². The van der Waals surface area contributed by atoms with Crippen molar-refractivity contribution >= 4 is 87.2 Å². The van der Waals surface area contributed by atoms with Crippen LogP contribution in [-0.4, -0.2) is 33.2 Å². The normalized spacial score (nSPS) is 16.2. The van der Waals surface area contributed by atoms with Crippen molar-refractivity contribution in [3.8, 4) is 34.7 Å². The summed E-state index contributed by atoms with van der Waals surface area (Å²) >= 11 is 0. The molecule has 64 heavy (non-hydrogen) atoms. The number of nitrogens with zero attached hydrogens (tertiary/aromatic N) is 7. The smallest absolute Gasteiger partial charge is 0.240 e. The molecule has 7 nitrogen and oxygen atoms in total.